The zero-order valence-corrected chi connectivity index (χ0v) is 14.5. The molecule has 0 aromatic heterocycles. The fourth-order valence-corrected chi connectivity index (χ4v) is 3.80. The highest BCUT2D eigenvalue weighted by Crippen LogP contribution is 2.27. The van der Waals surface area contributed by atoms with Gasteiger partial charge in [0.05, 0.1) is 12.6 Å². The summed E-state index contributed by atoms with van der Waals surface area (Å²) in [6.45, 7) is 2.99. The molecule has 0 bridgehead atoms. The zero-order chi connectivity index (χ0) is 17.5. The largest absolute Gasteiger partial charge is 0.480 e. The van der Waals surface area contributed by atoms with Crippen LogP contribution in [0.15, 0.2) is 0 Å². The molecule has 0 saturated heterocycles. The summed E-state index contributed by atoms with van der Waals surface area (Å²) in [6, 6.07) is 0.0727. The van der Waals surface area contributed by atoms with Crippen LogP contribution in [0.3, 0.4) is 0 Å². The Balaban J connectivity index is 1.61. The van der Waals surface area contributed by atoms with Crippen LogP contribution in [-0.4, -0.2) is 64.9 Å². The maximum Gasteiger partial charge on any atom is 0.317 e. The van der Waals surface area contributed by atoms with E-state index in [0.29, 0.717) is 19.0 Å². The van der Waals surface area contributed by atoms with Gasteiger partial charge in [-0.2, -0.15) is 0 Å². The molecule has 1 atom stereocenters. The molecule has 7 heteroatoms. The normalized spacial score (nSPS) is 25.8. The van der Waals surface area contributed by atoms with Crippen LogP contribution in [-0.2, 0) is 4.79 Å². The lowest BCUT2D eigenvalue weighted by Gasteiger charge is -2.42. The molecule has 2 aliphatic rings. The number of aliphatic hydroxyl groups excluding tert-OH is 1. The number of carboxylic acid groups (broad SMARTS) is 1. The Morgan fingerprint density at radius 3 is 2.46 bits per heavy atom. The molecule has 2 fully saturated rings. The third-order valence-corrected chi connectivity index (χ3v) is 5.38. The number of hydrogen-bond acceptors (Lipinski definition) is 4. The maximum atomic E-state index is 11.9. The Labute approximate surface area is 143 Å². The summed E-state index contributed by atoms with van der Waals surface area (Å²) in [5.74, 6) is -0.510. The molecule has 138 valence electrons. The van der Waals surface area contributed by atoms with E-state index in [9.17, 15) is 14.7 Å². The molecule has 0 radical (unpaired) electrons. The van der Waals surface area contributed by atoms with Gasteiger partial charge in [-0.15, -0.1) is 0 Å². The van der Waals surface area contributed by atoms with Gasteiger partial charge in [0.15, 0.2) is 0 Å². The van der Waals surface area contributed by atoms with Crippen molar-refractivity contribution in [1.82, 2.24) is 15.5 Å². The Hall–Kier alpha value is -1.34. The summed E-state index contributed by atoms with van der Waals surface area (Å²) in [7, 11) is 0. The van der Waals surface area contributed by atoms with Gasteiger partial charge in [-0.3, -0.25) is 9.69 Å². The lowest BCUT2D eigenvalue weighted by atomic mass is 9.85. The molecule has 0 aromatic carbocycles. The van der Waals surface area contributed by atoms with Gasteiger partial charge in [-0.25, -0.2) is 4.79 Å². The van der Waals surface area contributed by atoms with Crippen molar-refractivity contribution < 1.29 is 19.8 Å². The van der Waals surface area contributed by atoms with Crippen molar-refractivity contribution in [3.05, 3.63) is 0 Å². The van der Waals surface area contributed by atoms with E-state index < -0.39 is 12.1 Å². The van der Waals surface area contributed by atoms with Gasteiger partial charge in [0.2, 0.25) is 0 Å². The molecule has 0 aromatic rings. The molecule has 7 nitrogen and oxygen atoms in total. The van der Waals surface area contributed by atoms with E-state index in [-0.39, 0.29) is 24.7 Å². The van der Waals surface area contributed by atoms with Crippen molar-refractivity contribution in [2.24, 2.45) is 5.92 Å². The summed E-state index contributed by atoms with van der Waals surface area (Å²) in [5.41, 5.74) is 0. The van der Waals surface area contributed by atoms with E-state index in [1.807, 2.05) is 11.8 Å². The molecular weight excluding hydrogens is 310 g/mol. The lowest BCUT2D eigenvalue weighted by Crippen LogP contribution is -2.56. The fourth-order valence-electron chi connectivity index (χ4n) is 3.80. The van der Waals surface area contributed by atoms with Crippen molar-refractivity contribution in [3.8, 4) is 0 Å². The van der Waals surface area contributed by atoms with Crippen LogP contribution in [0, 0.1) is 5.92 Å². The van der Waals surface area contributed by atoms with Crippen molar-refractivity contribution in [2.45, 2.75) is 70.1 Å². The second-order valence-electron chi connectivity index (χ2n) is 7.10. The molecule has 0 aliphatic heterocycles. The van der Waals surface area contributed by atoms with Crippen LogP contribution in [0.5, 0.6) is 0 Å². The SMILES string of the molecule is CCN(CC(=O)O)C1CC(NC(=O)NCC(O)C2CCCCC2)C1. The molecule has 0 spiro atoms. The number of nitrogens with zero attached hydrogens (tertiary/aromatic N) is 1. The van der Waals surface area contributed by atoms with Gasteiger partial charge < -0.3 is 20.8 Å². The Kier molecular flexibility index (Phi) is 7.30. The number of carbonyl (C=O) groups is 2. The number of nitrogens with one attached hydrogen (secondary N) is 2. The lowest BCUT2D eigenvalue weighted by molar-refractivity contribution is -0.139. The molecule has 2 amide bonds. The second-order valence-corrected chi connectivity index (χ2v) is 7.10. The van der Waals surface area contributed by atoms with Gasteiger partial charge in [-0.1, -0.05) is 26.2 Å². The van der Waals surface area contributed by atoms with Crippen LogP contribution >= 0.6 is 0 Å². The number of hydrogen-bond donors (Lipinski definition) is 4. The minimum Gasteiger partial charge on any atom is -0.480 e. The third kappa shape index (κ3) is 5.63. The number of likely N-dealkylation sites (N-methyl/N-ethyl adjacent to an activating group) is 1. The smallest absolute Gasteiger partial charge is 0.317 e. The van der Waals surface area contributed by atoms with Crippen molar-refractivity contribution in [3.63, 3.8) is 0 Å². The first-order valence-corrected chi connectivity index (χ1v) is 9.17. The summed E-state index contributed by atoms with van der Waals surface area (Å²) in [6.07, 6.45) is 6.77. The summed E-state index contributed by atoms with van der Waals surface area (Å²) in [5, 5.41) is 24.7. The van der Waals surface area contributed by atoms with Crippen LogP contribution in [0.4, 0.5) is 4.79 Å². The molecule has 4 N–H and O–H groups in total. The van der Waals surface area contributed by atoms with E-state index in [0.717, 1.165) is 25.7 Å². The van der Waals surface area contributed by atoms with Gasteiger partial charge >= 0.3 is 12.0 Å². The van der Waals surface area contributed by atoms with Crippen LogP contribution < -0.4 is 10.6 Å². The minimum atomic E-state index is -0.817. The number of amides is 2. The number of aliphatic carboxylic acids is 1. The van der Waals surface area contributed by atoms with E-state index in [2.05, 4.69) is 10.6 Å². The number of rotatable bonds is 8. The van der Waals surface area contributed by atoms with E-state index in [1.54, 1.807) is 0 Å². The minimum absolute atomic E-state index is 0.0493. The van der Waals surface area contributed by atoms with Crippen LogP contribution in [0.2, 0.25) is 0 Å². The highest BCUT2D eigenvalue weighted by atomic mass is 16.4. The molecule has 2 rings (SSSR count). The zero-order valence-electron chi connectivity index (χ0n) is 14.5. The topological polar surface area (TPSA) is 102 Å². The average Bonchev–Trinajstić information content (AvgIpc) is 2.54. The summed E-state index contributed by atoms with van der Waals surface area (Å²) in [4.78, 5) is 24.6. The second kappa shape index (κ2) is 9.22. The first-order valence-electron chi connectivity index (χ1n) is 9.17. The average molecular weight is 341 g/mol. The standard InChI is InChI=1S/C17H31N3O4/c1-2-20(11-16(22)23)14-8-13(9-14)19-17(24)18-10-15(21)12-6-4-3-5-7-12/h12-15,21H,2-11H2,1H3,(H,22,23)(H2,18,19,24). The number of carbonyl (C=O) groups excluding carboxylic acids is 1. The Bertz CT molecular complexity index is 420. The molecule has 2 saturated carbocycles. The van der Waals surface area contributed by atoms with Gasteiger partial charge in [0.25, 0.3) is 0 Å². The number of carboxylic acids is 1. The number of urea groups is 1. The van der Waals surface area contributed by atoms with E-state index >= 15 is 0 Å². The molecule has 1 unspecified atom stereocenters. The number of aliphatic hydroxyl groups is 1. The molecule has 2 aliphatic carbocycles. The van der Waals surface area contributed by atoms with E-state index in [4.69, 9.17) is 5.11 Å². The highest BCUT2D eigenvalue weighted by molar-refractivity contribution is 5.74. The van der Waals surface area contributed by atoms with Gasteiger partial charge in [-0.05, 0) is 38.1 Å². The van der Waals surface area contributed by atoms with Gasteiger partial charge in [0.1, 0.15) is 0 Å². The Morgan fingerprint density at radius 1 is 1.21 bits per heavy atom. The predicted molar refractivity (Wildman–Crippen MR) is 90.8 cm³/mol. The third-order valence-electron chi connectivity index (χ3n) is 5.38. The van der Waals surface area contributed by atoms with Crippen molar-refractivity contribution in [1.29, 1.82) is 0 Å². The maximum absolute atomic E-state index is 11.9. The quantitative estimate of drug-likeness (QED) is 0.531. The van der Waals surface area contributed by atoms with Crippen molar-refractivity contribution in [2.75, 3.05) is 19.6 Å². The van der Waals surface area contributed by atoms with Crippen LogP contribution in [0.25, 0.3) is 0 Å². The summed E-state index contributed by atoms with van der Waals surface area (Å²) < 4.78 is 0. The molecule has 0 heterocycles. The highest BCUT2D eigenvalue weighted by Gasteiger charge is 2.34. The summed E-state index contributed by atoms with van der Waals surface area (Å²) >= 11 is 0. The first kappa shape index (κ1) is 19.0. The predicted octanol–water partition coefficient (Wildman–Crippen LogP) is 1.16. The first-order chi connectivity index (χ1) is 11.5. The fraction of sp³-hybridized carbons (Fsp3) is 0.882. The monoisotopic (exact) mass is 341 g/mol. The van der Waals surface area contributed by atoms with Crippen molar-refractivity contribution >= 4 is 12.0 Å². The molecular formula is C17H31N3O4. The van der Waals surface area contributed by atoms with Crippen LogP contribution in [0.1, 0.15) is 51.9 Å². The van der Waals surface area contributed by atoms with Gasteiger partial charge in [0, 0.05) is 18.6 Å². The molecule has 24 heavy (non-hydrogen) atoms. The Morgan fingerprint density at radius 2 is 1.88 bits per heavy atom. The van der Waals surface area contributed by atoms with E-state index in [1.165, 1.54) is 19.3 Å².